The fourth-order valence-electron chi connectivity index (χ4n) is 2.55. The van der Waals surface area contributed by atoms with Crippen LogP contribution in [0.2, 0.25) is 0 Å². The van der Waals surface area contributed by atoms with Crippen LogP contribution in [0.25, 0.3) is 0 Å². The van der Waals surface area contributed by atoms with E-state index < -0.39 is 0 Å². The van der Waals surface area contributed by atoms with E-state index in [0.717, 1.165) is 39.1 Å². The number of rotatable bonds is 5. The quantitative estimate of drug-likeness (QED) is 0.888. The molecule has 0 aromatic heterocycles. The lowest BCUT2D eigenvalue weighted by molar-refractivity contribution is -0.133. The lowest BCUT2D eigenvalue weighted by Gasteiger charge is -2.37. The van der Waals surface area contributed by atoms with E-state index in [9.17, 15) is 4.79 Å². The highest BCUT2D eigenvalue weighted by molar-refractivity contribution is 5.85. The van der Waals surface area contributed by atoms with Crippen molar-refractivity contribution in [1.82, 2.24) is 10.2 Å². The van der Waals surface area contributed by atoms with E-state index in [2.05, 4.69) is 41.4 Å². The van der Waals surface area contributed by atoms with Gasteiger partial charge in [-0.25, -0.2) is 0 Å². The van der Waals surface area contributed by atoms with Crippen LogP contribution < -0.4 is 10.2 Å². The van der Waals surface area contributed by atoms with E-state index >= 15 is 0 Å². The molecule has 0 radical (unpaired) electrons. The van der Waals surface area contributed by atoms with Crippen molar-refractivity contribution in [2.45, 2.75) is 26.3 Å². The molecule has 6 heteroatoms. The Labute approximate surface area is 146 Å². The van der Waals surface area contributed by atoms with Gasteiger partial charge in [0.15, 0.2) is 0 Å². The molecule has 1 heterocycles. The minimum Gasteiger partial charge on any atom is -0.368 e. The zero-order valence-corrected chi connectivity index (χ0v) is 15.0. The number of nitrogens with zero attached hydrogens (tertiary/aromatic N) is 2. The Balaban J connectivity index is 0.00000220. The number of anilines is 1. The molecule has 22 heavy (non-hydrogen) atoms. The van der Waals surface area contributed by atoms with Crippen molar-refractivity contribution >= 4 is 36.4 Å². The molecule has 4 nitrogen and oxygen atoms in total. The van der Waals surface area contributed by atoms with E-state index in [1.54, 1.807) is 0 Å². The molecular weight excluding hydrogens is 321 g/mol. The summed E-state index contributed by atoms with van der Waals surface area (Å²) in [6, 6.07) is 10.3. The minimum atomic E-state index is -0.0711. The first-order valence-corrected chi connectivity index (χ1v) is 7.54. The number of benzene rings is 1. The summed E-state index contributed by atoms with van der Waals surface area (Å²) in [4.78, 5) is 16.6. The van der Waals surface area contributed by atoms with E-state index in [0.29, 0.717) is 0 Å². The summed E-state index contributed by atoms with van der Waals surface area (Å²) < 4.78 is 0. The third-order valence-corrected chi connectivity index (χ3v) is 3.78. The van der Waals surface area contributed by atoms with Crippen molar-refractivity contribution in [2.75, 3.05) is 37.6 Å². The zero-order valence-electron chi connectivity index (χ0n) is 13.3. The molecule has 126 valence electrons. The molecule has 1 aliphatic rings. The summed E-state index contributed by atoms with van der Waals surface area (Å²) in [5, 5.41) is 3.27. The van der Waals surface area contributed by atoms with Gasteiger partial charge in [-0.15, -0.1) is 24.8 Å². The van der Waals surface area contributed by atoms with Crippen LogP contribution in [-0.2, 0) is 4.79 Å². The highest BCUT2D eigenvalue weighted by Gasteiger charge is 2.24. The Morgan fingerprint density at radius 2 is 1.73 bits per heavy atom. The summed E-state index contributed by atoms with van der Waals surface area (Å²) in [6.07, 6.45) is 1.05. The number of piperazine rings is 1. The van der Waals surface area contributed by atoms with Gasteiger partial charge in [0.05, 0.1) is 6.04 Å². The maximum atomic E-state index is 12.3. The Bertz CT molecular complexity index is 423. The normalized spacial score (nSPS) is 15.5. The van der Waals surface area contributed by atoms with E-state index in [1.165, 1.54) is 5.69 Å². The Kier molecular flexibility index (Phi) is 10.2. The third-order valence-electron chi connectivity index (χ3n) is 3.78. The number of nitrogens with one attached hydrogen (secondary N) is 1. The molecule has 0 spiro atoms. The lowest BCUT2D eigenvalue weighted by Crippen LogP contribution is -2.53. The van der Waals surface area contributed by atoms with Crippen LogP contribution in [-0.4, -0.2) is 49.6 Å². The van der Waals surface area contributed by atoms with Crippen LogP contribution >= 0.6 is 24.8 Å². The topological polar surface area (TPSA) is 35.6 Å². The van der Waals surface area contributed by atoms with Crippen molar-refractivity contribution < 1.29 is 4.79 Å². The molecule has 1 aliphatic heterocycles. The zero-order chi connectivity index (χ0) is 14.4. The number of amides is 1. The number of halogens is 2. The first-order valence-electron chi connectivity index (χ1n) is 7.54. The smallest absolute Gasteiger partial charge is 0.239 e. The maximum Gasteiger partial charge on any atom is 0.239 e. The van der Waals surface area contributed by atoms with E-state index in [-0.39, 0.29) is 36.8 Å². The van der Waals surface area contributed by atoms with Crippen molar-refractivity contribution in [1.29, 1.82) is 0 Å². The molecule has 1 aromatic carbocycles. The summed E-state index contributed by atoms with van der Waals surface area (Å²) in [5.74, 6) is 0.228. The first-order chi connectivity index (χ1) is 9.72. The summed E-state index contributed by atoms with van der Waals surface area (Å²) >= 11 is 0. The average Bonchev–Trinajstić information content (AvgIpc) is 2.53. The molecule has 1 atom stereocenters. The second kappa shape index (κ2) is 10.7. The summed E-state index contributed by atoms with van der Waals surface area (Å²) in [6.45, 7) is 8.42. The number of hydrogen-bond acceptors (Lipinski definition) is 3. The van der Waals surface area contributed by atoms with Crippen molar-refractivity contribution in [3.8, 4) is 0 Å². The Hall–Kier alpha value is -0.970. The van der Waals surface area contributed by atoms with E-state index in [1.807, 2.05) is 17.9 Å². The summed E-state index contributed by atoms with van der Waals surface area (Å²) in [7, 11) is 0. The third kappa shape index (κ3) is 5.67. The van der Waals surface area contributed by atoms with Crippen LogP contribution in [0.15, 0.2) is 30.3 Å². The van der Waals surface area contributed by atoms with Gasteiger partial charge in [0.1, 0.15) is 0 Å². The Morgan fingerprint density at radius 1 is 1.14 bits per heavy atom. The largest absolute Gasteiger partial charge is 0.368 e. The van der Waals surface area contributed by atoms with Crippen molar-refractivity contribution in [3.05, 3.63) is 30.3 Å². The second-order valence-corrected chi connectivity index (χ2v) is 5.32. The van der Waals surface area contributed by atoms with Crippen LogP contribution in [0.4, 0.5) is 5.69 Å². The lowest BCUT2D eigenvalue weighted by atomic mass is 10.2. The van der Waals surface area contributed by atoms with Crippen molar-refractivity contribution in [3.63, 3.8) is 0 Å². The van der Waals surface area contributed by atoms with Crippen LogP contribution in [0.5, 0.6) is 0 Å². The van der Waals surface area contributed by atoms with Gasteiger partial charge in [-0.05, 0) is 32.0 Å². The van der Waals surface area contributed by atoms with Gasteiger partial charge in [-0.3, -0.25) is 4.79 Å². The van der Waals surface area contributed by atoms with Crippen molar-refractivity contribution in [2.24, 2.45) is 0 Å². The molecular formula is C16H27Cl2N3O. The average molecular weight is 348 g/mol. The first kappa shape index (κ1) is 21.0. The number of carbonyl (C=O) groups excluding carboxylic acids is 1. The fraction of sp³-hybridized carbons (Fsp3) is 0.562. The number of para-hydroxylation sites is 1. The fourth-order valence-corrected chi connectivity index (χ4v) is 2.55. The molecule has 0 aliphatic carbocycles. The Morgan fingerprint density at radius 3 is 2.27 bits per heavy atom. The summed E-state index contributed by atoms with van der Waals surface area (Å²) in [5.41, 5.74) is 1.25. The van der Waals surface area contributed by atoms with Gasteiger partial charge in [-0.1, -0.05) is 25.1 Å². The van der Waals surface area contributed by atoms with Gasteiger partial charge in [0, 0.05) is 31.9 Å². The molecule has 1 saturated heterocycles. The van der Waals surface area contributed by atoms with Gasteiger partial charge < -0.3 is 15.1 Å². The van der Waals surface area contributed by atoms with Crippen LogP contribution in [0, 0.1) is 0 Å². The maximum absolute atomic E-state index is 12.3. The molecule has 1 aromatic rings. The predicted molar refractivity (Wildman–Crippen MR) is 97.5 cm³/mol. The van der Waals surface area contributed by atoms with Crippen LogP contribution in [0.3, 0.4) is 0 Å². The highest BCUT2D eigenvalue weighted by Crippen LogP contribution is 2.15. The van der Waals surface area contributed by atoms with Gasteiger partial charge in [0.25, 0.3) is 0 Å². The van der Waals surface area contributed by atoms with E-state index in [4.69, 9.17) is 0 Å². The molecule has 1 amide bonds. The molecule has 1 unspecified atom stereocenters. The minimum absolute atomic E-state index is 0. The van der Waals surface area contributed by atoms with Gasteiger partial charge in [-0.2, -0.15) is 0 Å². The molecule has 0 saturated carbocycles. The SMILES string of the molecule is CCCNC(C)C(=O)N1CCN(c2ccccc2)CC1.Cl.Cl. The highest BCUT2D eigenvalue weighted by atomic mass is 35.5. The predicted octanol–water partition coefficient (Wildman–Crippen LogP) is 2.57. The second-order valence-electron chi connectivity index (χ2n) is 5.32. The number of carbonyl (C=O) groups is 1. The molecule has 1 fully saturated rings. The molecule has 0 bridgehead atoms. The van der Waals surface area contributed by atoms with Gasteiger partial charge in [0.2, 0.25) is 5.91 Å². The monoisotopic (exact) mass is 347 g/mol. The van der Waals surface area contributed by atoms with Crippen LogP contribution in [0.1, 0.15) is 20.3 Å². The number of hydrogen-bond donors (Lipinski definition) is 1. The van der Waals surface area contributed by atoms with Gasteiger partial charge >= 0.3 is 0 Å². The standard InChI is InChI=1S/C16H25N3O.2ClH/c1-3-9-17-14(2)16(20)19-12-10-18(11-13-19)15-7-5-4-6-8-15;;/h4-8,14,17H,3,9-13H2,1-2H3;2*1H. The molecule has 1 N–H and O–H groups in total. The molecule has 2 rings (SSSR count).